The summed E-state index contributed by atoms with van der Waals surface area (Å²) < 4.78 is 51.6. The zero-order chi connectivity index (χ0) is 22.7. The van der Waals surface area contributed by atoms with Gasteiger partial charge in [0.05, 0.1) is 4.90 Å². The van der Waals surface area contributed by atoms with Gasteiger partial charge in [-0.1, -0.05) is 13.0 Å². The summed E-state index contributed by atoms with van der Waals surface area (Å²) >= 11 is 0. The van der Waals surface area contributed by atoms with Crippen LogP contribution in [0.1, 0.15) is 18.9 Å². The maximum Gasteiger partial charge on any atom is 0.241 e. The molecule has 2 aromatic rings. The fourth-order valence-corrected chi connectivity index (χ4v) is 5.09. The molecule has 1 unspecified atom stereocenters. The van der Waals surface area contributed by atoms with E-state index in [0.29, 0.717) is 32.6 Å². The third-order valence-electron chi connectivity index (χ3n) is 5.65. The maximum absolute atomic E-state index is 13.1. The van der Waals surface area contributed by atoms with Crippen molar-refractivity contribution in [3.8, 4) is 11.5 Å². The Bertz CT molecular complexity index is 1070. The number of nitrogens with zero attached hydrogens (tertiary/aromatic N) is 2. The first kappa shape index (κ1) is 22.5. The highest BCUT2D eigenvalue weighted by Gasteiger charge is 2.30. The van der Waals surface area contributed by atoms with Gasteiger partial charge in [0, 0.05) is 32.7 Å². The molecule has 0 bridgehead atoms. The number of piperazine rings is 1. The Morgan fingerprint density at radius 1 is 1.06 bits per heavy atom. The van der Waals surface area contributed by atoms with Crippen molar-refractivity contribution < 1.29 is 27.1 Å². The van der Waals surface area contributed by atoms with Gasteiger partial charge in [0.15, 0.2) is 11.5 Å². The topological polar surface area (TPSA) is 88.2 Å². The summed E-state index contributed by atoms with van der Waals surface area (Å²) in [6.45, 7) is 5.11. The Morgan fingerprint density at radius 2 is 1.75 bits per heavy atom. The van der Waals surface area contributed by atoms with Crippen LogP contribution in [0.25, 0.3) is 0 Å². The lowest BCUT2D eigenvalue weighted by molar-refractivity contribution is -0.134. The average molecular weight is 464 g/mol. The van der Waals surface area contributed by atoms with Gasteiger partial charge in [-0.05, 0) is 48.4 Å². The number of sulfonamides is 1. The van der Waals surface area contributed by atoms with Crippen molar-refractivity contribution in [2.45, 2.75) is 30.8 Å². The maximum atomic E-state index is 13.1. The van der Waals surface area contributed by atoms with E-state index in [-0.39, 0.29) is 17.6 Å². The van der Waals surface area contributed by atoms with E-state index in [1.165, 1.54) is 12.1 Å². The van der Waals surface area contributed by atoms with E-state index in [1.807, 2.05) is 18.2 Å². The lowest BCUT2D eigenvalue weighted by Gasteiger charge is -2.36. The molecule has 1 atom stereocenters. The third-order valence-corrected chi connectivity index (χ3v) is 7.14. The van der Waals surface area contributed by atoms with E-state index in [4.69, 9.17) is 9.47 Å². The Kier molecular flexibility index (Phi) is 6.63. The first-order valence-corrected chi connectivity index (χ1v) is 12.0. The molecule has 8 nitrogen and oxygen atoms in total. The first-order chi connectivity index (χ1) is 15.4. The number of amides is 1. The van der Waals surface area contributed by atoms with Crippen LogP contribution in [-0.2, 0) is 21.4 Å². The largest absolute Gasteiger partial charge is 0.454 e. The molecule has 1 N–H and O–H groups in total. The van der Waals surface area contributed by atoms with Crippen LogP contribution >= 0.6 is 0 Å². The average Bonchev–Trinajstić information content (AvgIpc) is 3.26. The van der Waals surface area contributed by atoms with Gasteiger partial charge in [0.25, 0.3) is 0 Å². The molecule has 2 aliphatic rings. The Morgan fingerprint density at radius 3 is 2.44 bits per heavy atom. The van der Waals surface area contributed by atoms with Crippen LogP contribution < -0.4 is 14.2 Å². The van der Waals surface area contributed by atoms with Crippen LogP contribution in [0.15, 0.2) is 47.4 Å². The van der Waals surface area contributed by atoms with Crippen LogP contribution in [-0.4, -0.2) is 63.1 Å². The molecule has 1 fully saturated rings. The molecule has 1 amide bonds. The number of halogens is 1. The predicted octanol–water partition coefficient (Wildman–Crippen LogP) is 1.96. The summed E-state index contributed by atoms with van der Waals surface area (Å²) in [6, 6.07) is 9.53. The van der Waals surface area contributed by atoms with Gasteiger partial charge in [-0.3, -0.25) is 9.69 Å². The van der Waals surface area contributed by atoms with Gasteiger partial charge < -0.3 is 14.4 Å². The summed E-state index contributed by atoms with van der Waals surface area (Å²) in [5.41, 5.74) is 1.10. The lowest BCUT2D eigenvalue weighted by atomic mass is 10.1. The molecule has 4 rings (SSSR count). The summed E-state index contributed by atoms with van der Waals surface area (Å²) in [6.07, 6.45) is 0.316. The number of hydrogen-bond donors (Lipinski definition) is 1. The van der Waals surface area contributed by atoms with E-state index in [1.54, 1.807) is 11.8 Å². The number of benzene rings is 2. The van der Waals surface area contributed by atoms with Gasteiger partial charge in [-0.15, -0.1) is 0 Å². The summed E-state index contributed by atoms with van der Waals surface area (Å²) in [7, 11) is -3.93. The van der Waals surface area contributed by atoms with E-state index in [0.717, 1.165) is 35.7 Å². The molecule has 0 radical (unpaired) electrons. The monoisotopic (exact) mass is 463 g/mol. The quantitative estimate of drug-likeness (QED) is 0.676. The lowest BCUT2D eigenvalue weighted by Crippen LogP contribution is -2.54. The third kappa shape index (κ3) is 5.03. The normalized spacial score (nSPS) is 17.4. The van der Waals surface area contributed by atoms with Crippen molar-refractivity contribution >= 4 is 15.9 Å². The molecular weight excluding hydrogens is 437 g/mol. The molecule has 2 aromatic carbocycles. The first-order valence-electron chi connectivity index (χ1n) is 10.5. The van der Waals surface area contributed by atoms with Gasteiger partial charge in [0.1, 0.15) is 11.9 Å². The molecule has 2 heterocycles. The summed E-state index contributed by atoms with van der Waals surface area (Å²) in [5, 5.41) is 0. The smallest absolute Gasteiger partial charge is 0.241 e. The zero-order valence-corrected chi connectivity index (χ0v) is 18.6. The second-order valence-corrected chi connectivity index (χ2v) is 9.54. The molecule has 10 heteroatoms. The molecule has 0 aliphatic carbocycles. The van der Waals surface area contributed by atoms with Crippen molar-refractivity contribution in [1.82, 2.24) is 14.5 Å². The molecule has 2 aliphatic heterocycles. The fourth-order valence-electron chi connectivity index (χ4n) is 3.82. The van der Waals surface area contributed by atoms with Crippen LogP contribution in [0.2, 0.25) is 0 Å². The fraction of sp³-hybridized carbons (Fsp3) is 0.409. The van der Waals surface area contributed by atoms with E-state index < -0.39 is 21.9 Å². The number of nitrogens with one attached hydrogen (secondary N) is 1. The van der Waals surface area contributed by atoms with E-state index >= 15 is 0 Å². The SMILES string of the molecule is CCC(NS(=O)(=O)c1ccc(F)cc1)C(=O)N1CCN(Cc2ccc3c(c2)OCO3)CC1. The van der Waals surface area contributed by atoms with Gasteiger partial charge in [0.2, 0.25) is 22.7 Å². The van der Waals surface area contributed by atoms with Crippen molar-refractivity contribution in [2.24, 2.45) is 0 Å². The van der Waals surface area contributed by atoms with Crippen LogP contribution in [0.3, 0.4) is 0 Å². The zero-order valence-electron chi connectivity index (χ0n) is 17.8. The summed E-state index contributed by atoms with van der Waals surface area (Å²) in [4.78, 5) is 16.8. The molecule has 1 saturated heterocycles. The number of fused-ring (bicyclic) bond motifs is 1. The molecule has 172 valence electrons. The molecule has 0 saturated carbocycles. The van der Waals surface area contributed by atoms with Gasteiger partial charge >= 0.3 is 0 Å². The predicted molar refractivity (Wildman–Crippen MR) is 115 cm³/mol. The van der Waals surface area contributed by atoms with Crippen LogP contribution in [0.5, 0.6) is 11.5 Å². The van der Waals surface area contributed by atoms with Crippen LogP contribution in [0, 0.1) is 5.82 Å². The highest BCUT2D eigenvalue weighted by atomic mass is 32.2. The van der Waals surface area contributed by atoms with Gasteiger partial charge in [-0.25, -0.2) is 12.8 Å². The van der Waals surface area contributed by atoms with E-state index in [9.17, 15) is 17.6 Å². The summed E-state index contributed by atoms with van der Waals surface area (Å²) in [5.74, 6) is 0.722. The Balaban J connectivity index is 1.33. The molecular formula is C22H26FN3O5S. The number of ether oxygens (including phenoxy) is 2. The highest BCUT2D eigenvalue weighted by molar-refractivity contribution is 7.89. The highest BCUT2D eigenvalue weighted by Crippen LogP contribution is 2.32. The van der Waals surface area contributed by atoms with E-state index in [2.05, 4.69) is 9.62 Å². The van der Waals surface area contributed by atoms with Crippen molar-refractivity contribution in [3.63, 3.8) is 0 Å². The number of rotatable bonds is 7. The Labute approximate surface area is 187 Å². The van der Waals surface area contributed by atoms with Gasteiger partial charge in [-0.2, -0.15) is 4.72 Å². The number of hydrogen-bond acceptors (Lipinski definition) is 6. The second kappa shape index (κ2) is 9.43. The van der Waals surface area contributed by atoms with Crippen molar-refractivity contribution in [1.29, 1.82) is 0 Å². The minimum absolute atomic E-state index is 0.0707. The second-order valence-electron chi connectivity index (χ2n) is 7.83. The molecule has 32 heavy (non-hydrogen) atoms. The number of carbonyl (C=O) groups excluding carboxylic acids is 1. The Hall–Kier alpha value is -2.69. The number of carbonyl (C=O) groups is 1. The molecule has 0 aromatic heterocycles. The van der Waals surface area contributed by atoms with Crippen LogP contribution in [0.4, 0.5) is 4.39 Å². The van der Waals surface area contributed by atoms with Crippen molar-refractivity contribution in [2.75, 3.05) is 33.0 Å². The minimum Gasteiger partial charge on any atom is -0.454 e. The standard InChI is InChI=1S/C22H26FN3O5S/c1-2-19(24-32(28,29)18-6-4-17(23)5-7-18)22(27)26-11-9-25(10-12-26)14-16-3-8-20-21(13-16)31-15-30-20/h3-8,13,19,24H,2,9-12,14-15H2,1H3. The van der Waals surface area contributed by atoms with Crippen molar-refractivity contribution in [3.05, 3.63) is 53.8 Å². The minimum atomic E-state index is -3.93. The molecule has 0 spiro atoms.